The maximum atomic E-state index is 12.8. The summed E-state index contributed by atoms with van der Waals surface area (Å²) < 4.78 is 1.31. The Morgan fingerprint density at radius 2 is 1.63 bits per heavy atom. The second-order valence-corrected chi connectivity index (χ2v) is 6.87. The van der Waals surface area contributed by atoms with Gasteiger partial charge in [-0.2, -0.15) is 0 Å². The Bertz CT molecular complexity index is 1120. The van der Waals surface area contributed by atoms with Crippen molar-refractivity contribution in [2.45, 2.75) is 13.5 Å². The number of para-hydroxylation sites is 1. The normalized spacial score (nSPS) is 10.6. The van der Waals surface area contributed by atoms with Crippen LogP contribution in [-0.2, 0) is 11.3 Å². The molecule has 0 aliphatic heterocycles. The third-order valence-electron chi connectivity index (χ3n) is 4.94. The molecule has 8 nitrogen and oxygen atoms in total. The largest absolute Gasteiger partial charge is 0.383 e. The van der Waals surface area contributed by atoms with Gasteiger partial charge in [0.25, 0.3) is 5.56 Å². The molecule has 0 aliphatic rings. The molecule has 0 atom stereocenters. The van der Waals surface area contributed by atoms with Gasteiger partial charge in [-0.15, -0.1) is 0 Å². The predicted octanol–water partition coefficient (Wildman–Crippen LogP) is 1.66. The van der Waals surface area contributed by atoms with Crippen molar-refractivity contribution in [3.05, 3.63) is 87.1 Å². The quantitative estimate of drug-likeness (QED) is 0.620. The van der Waals surface area contributed by atoms with Gasteiger partial charge >= 0.3 is 5.69 Å². The van der Waals surface area contributed by atoms with E-state index in [1.54, 1.807) is 11.9 Å². The van der Waals surface area contributed by atoms with Crippen LogP contribution >= 0.6 is 0 Å². The zero-order valence-corrected chi connectivity index (χ0v) is 17.0. The summed E-state index contributed by atoms with van der Waals surface area (Å²) in [6, 6.07) is 18.6. The number of carbonyl (C=O) groups is 1. The van der Waals surface area contributed by atoms with Gasteiger partial charge in [-0.25, -0.2) is 4.79 Å². The zero-order valence-electron chi connectivity index (χ0n) is 17.0. The summed E-state index contributed by atoms with van der Waals surface area (Å²) in [5.41, 5.74) is 6.77. The van der Waals surface area contributed by atoms with E-state index in [0.717, 1.165) is 11.3 Å². The Hall–Kier alpha value is -3.81. The van der Waals surface area contributed by atoms with Crippen LogP contribution in [0, 0.1) is 0 Å². The number of benzene rings is 2. The Labute approximate surface area is 174 Å². The minimum atomic E-state index is -0.612. The van der Waals surface area contributed by atoms with E-state index in [4.69, 9.17) is 5.73 Å². The number of aromatic amines is 1. The first-order valence-corrected chi connectivity index (χ1v) is 9.65. The summed E-state index contributed by atoms with van der Waals surface area (Å²) in [6.45, 7) is 2.34. The molecular formula is C22H25N5O3. The standard InChI is InChI=1S/C22H25N5O3/c1-3-26(15-18(28)25(2)17-12-8-5-9-13-17)19-20(23)27(22(30)24-21(19)29)14-16-10-6-4-7-11-16/h4-13H,3,14-15,23H2,1-2H3,(H,24,29,30). The lowest BCUT2D eigenvalue weighted by atomic mass is 10.2. The van der Waals surface area contributed by atoms with Gasteiger partial charge in [0.2, 0.25) is 5.91 Å². The fourth-order valence-electron chi connectivity index (χ4n) is 3.22. The van der Waals surface area contributed by atoms with Crippen molar-refractivity contribution in [1.82, 2.24) is 9.55 Å². The molecule has 8 heteroatoms. The number of nitrogens with two attached hydrogens (primary N) is 1. The van der Waals surface area contributed by atoms with Crippen LogP contribution < -0.4 is 26.8 Å². The highest BCUT2D eigenvalue weighted by Gasteiger charge is 2.22. The number of rotatable bonds is 7. The van der Waals surface area contributed by atoms with E-state index >= 15 is 0 Å². The number of nitrogens with zero attached hydrogens (tertiary/aromatic N) is 3. The van der Waals surface area contributed by atoms with Gasteiger partial charge in [-0.05, 0) is 24.6 Å². The number of amides is 1. The van der Waals surface area contributed by atoms with Gasteiger partial charge in [0.1, 0.15) is 11.5 Å². The highest BCUT2D eigenvalue weighted by molar-refractivity contribution is 5.96. The van der Waals surface area contributed by atoms with Crippen molar-refractivity contribution >= 4 is 23.1 Å². The topological polar surface area (TPSA) is 104 Å². The number of H-pyrrole nitrogens is 1. The highest BCUT2D eigenvalue weighted by Crippen LogP contribution is 2.18. The van der Waals surface area contributed by atoms with Crippen molar-refractivity contribution < 1.29 is 4.79 Å². The third-order valence-corrected chi connectivity index (χ3v) is 4.94. The van der Waals surface area contributed by atoms with Crippen LogP contribution in [-0.4, -0.2) is 35.6 Å². The molecule has 1 aromatic heterocycles. The van der Waals surface area contributed by atoms with E-state index in [1.165, 1.54) is 9.47 Å². The van der Waals surface area contributed by atoms with Crippen LogP contribution in [0.3, 0.4) is 0 Å². The van der Waals surface area contributed by atoms with E-state index < -0.39 is 11.2 Å². The molecule has 2 aromatic carbocycles. The molecule has 0 unspecified atom stereocenters. The first-order valence-electron chi connectivity index (χ1n) is 9.65. The fourth-order valence-corrected chi connectivity index (χ4v) is 3.22. The summed E-state index contributed by atoms with van der Waals surface area (Å²) in [5, 5.41) is 0. The molecule has 0 saturated carbocycles. The number of carbonyl (C=O) groups excluding carboxylic acids is 1. The monoisotopic (exact) mass is 407 g/mol. The molecule has 30 heavy (non-hydrogen) atoms. The molecule has 1 amide bonds. The van der Waals surface area contributed by atoms with Crippen molar-refractivity contribution in [3.63, 3.8) is 0 Å². The minimum absolute atomic E-state index is 0.0321. The van der Waals surface area contributed by atoms with Crippen molar-refractivity contribution in [3.8, 4) is 0 Å². The van der Waals surface area contributed by atoms with Gasteiger partial charge < -0.3 is 15.5 Å². The van der Waals surface area contributed by atoms with Crippen LogP contribution in [0.25, 0.3) is 0 Å². The lowest BCUT2D eigenvalue weighted by Gasteiger charge is -2.26. The molecule has 3 N–H and O–H groups in total. The highest BCUT2D eigenvalue weighted by atomic mass is 16.2. The zero-order chi connectivity index (χ0) is 21.7. The molecule has 0 saturated heterocycles. The maximum absolute atomic E-state index is 12.8. The maximum Gasteiger partial charge on any atom is 0.330 e. The molecule has 3 rings (SSSR count). The molecule has 0 bridgehead atoms. The van der Waals surface area contributed by atoms with Crippen LogP contribution in [0.15, 0.2) is 70.3 Å². The number of aromatic nitrogens is 2. The van der Waals surface area contributed by atoms with Gasteiger partial charge in [-0.1, -0.05) is 48.5 Å². The summed E-state index contributed by atoms with van der Waals surface area (Å²) in [6.07, 6.45) is 0. The molecule has 0 radical (unpaired) electrons. The van der Waals surface area contributed by atoms with Gasteiger partial charge in [0.15, 0.2) is 0 Å². The van der Waals surface area contributed by atoms with Crippen molar-refractivity contribution in [1.29, 1.82) is 0 Å². The summed E-state index contributed by atoms with van der Waals surface area (Å²) in [4.78, 5) is 43.2. The predicted molar refractivity (Wildman–Crippen MR) is 119 cm³/mol. The smallest absolute Gasteiger partial charge is 0.330 e. The average Bonchev–Trinajstić information content (AvgIpc) is 2.76. The second-order valence-electron chi connectivity index (χ2n) is 6.87. The molecular weight excluding hydrogens is 382 g/mol. The van der Waals surface area contributed by atoms with E-state index in [-0.39, 0.29) is 30.5 Å². The lowest BCUT2D eigenvalue weighted by molar-refractivity contribution is -0.117. The first-order chi connectivity index (χ1) is 14.4. The van der Waals surface area contributed by atoms with Gasteiger partial charge in [0, 0.05) is 19.3 Å². The first kappa shape index (κ1) is 20.9. The number of nitrogens with one attached hydrogen (secondary N) is 1. The Kier molecular flexibility index (Phi) is 6.36. The van der Waals surface area contributed by atoms with Crippen molar-refractivity contribution in [2.24, 2.45) is 0 Å². The summed E-state index contributed by atoms with van der Waals surface area (Å²) in [5.74, 6) is -0.174. The third kappa shape index (κ3) is 4.43. The second kappa shape index (κ2) is 9.13. The Morgan fingerprint density at radius 3 is 2.23 bits per heavy atom. The molecule has 156 valence electrons. The summed E-state index contributed by atoms with van der Waals surface area (Å²) >= 11 is 0. The number of hydrogen-bond donors (Lipinski definition) is 2. The van der Waals surface area contributed by atoms with Crippen molar-refractivity contribution in [2.75, 3.05) is 35.7 Å². The van der Waals surface area contributed by atoms with Crippen LogP contribution in [0.5, 0.6) is 0 Å². The fraction of sp³-hybridized carbons (Fsp3) is 0.227. The van der Waals surface area contributed by atoms with Crippen LogP contribution in [0.1, 0.15) is 12.5 Å². The van der Waals surface area contributed by atoms with E-state index in [1.807, 2.05) is 67.6 Å². The van der Waals surface area contributed by atoms with E-state index in [9.17, 15) is 14.4 Å². The average molecular weight is 407 g/mol. The number of hydrogen-bond acceptors (Lipinski definition) is 5. The Morgan fingerprint density at radius 1 is 1.03 bits per heavy atom. The molecule has 0 fully saturated rings. The van der Waals surface area contributed by atoms with E-state index in [2.05, 4.69) is 4.98 Å². The molecule has 3 aromatic rings. The summed E-state index contributed by atoms with van der Waals surface area (Å²) in [7, 11) is 1.68. The number of nitrogen functional groups attached to an aromatic ring is 1. The number of likely N-dealkylation sites (N-methyl/N-ethyl adjacent to an activating group) is 2. The van der Waals surface area contributed by atoms with Gasteiger partial charge in [0.05, 0.1) is 13.1 Å². The lowest BCUT2D eigenvalue weighted by Crippen LogP contribution is -2.43. The van der Waals surface area contributed by atoms with Gasteiger partial charge in [-0.3, -0.25) is 19.1 Å². The minimum Gasteiger partial charge on any atom is -0.383 e. The molecule has 0 spiro atoms. The van der Waals surface area contributed by atoms with Crippen LogP contribution in [0.4, 0.5) is 17.2 Å². The Balaban J connectivity index is 1.92. The number of anilines is 3. The van der Waals surface area contributed by atoms with E-state index in [0.29, 0.717) is 6.54 Å². The SMILES string of the molecule is CCN(CC(=O)N(C)c1ccccc1)c1c(N)n(Cc2ccccc2)c(=O)[nH]c1=O. The molecule has 1 heterocycles. The molecule has 0 aliphatic carbocycles. The van der Waals surface area contributed by atoms with Crippen LogP contribution in [0.2, 0.25) is 0 Å².